The standard InChI is InChI=1S/C13H22N2O4/c16-11(8-19-10-2-6-14-7-3-10)15-9-13(12(17)18)4-1-5-13/h10,14H,1-9H2,(H,15,16)(H,17,18). The van der Waals surface area contributed by atoms with Gasteiger partial charge >= 0.3 is 5.97 Å². The molecule has 6 heteroatoms. The van der Waals surface area contributed by atoms with Crippen LogP contribution in [0.15, 0.2) is 0 Å². The molecule has 3 N–H and O–H groups in total. The van der Waals surface area contributed by atoms with Crippen molar-refractivity contribution >= 4 is 11.9 Å². The van der Waals surface area contributed by atoms with Crippen molar-refractivity contribution in [2.45, 2.75) is 38.2 Å². The van der Waals surface area contributed by atoms with Crippen LogP contribution in [0.5, 0.6) is 0 Å². The summed E-state index contributed by atoms with van der Waals surface area (Å²) < 4.78 is 5.52. The van der Waals surface area contributed by atoms with Gasteiger partial charge < -0.3 is 20.5 Å². The molecule has 0 aromatic carbocycles. The lowest BCUT2D eigenvalue weighted by Gasteiger charge is -2.37. The molecule has 0 atom stereocenters. The Labute approximate surface area is 112 Å². The highest BCUT2D eigenvalue weighted by Crippen LogP contribution is 2.40. The highest BCUT2D eigenvalue weighted by Gasteiger charge is 2.44. The molecule has 0 aromatic heterocycles. The maximum Gasteiger partial charge on any atom is 0.311 e. The third-order valence-corrected chi connectivity index (χ3v) is 4.12. The Balaban J connectivity index is 1.65. The molecule has 2 rings (SSSR count). The predicted molar refractivity (Wildman–Crippen MR) is 68.8 cm³/mol. The second-order valence-corrected chi connectivity index (χ2v) is 5.48. The Morgan fingerprint density at radius 1 is 1.32 bits per heavy atom. The molecule has 19 heavy (non-hydrogen) atoms. The molecule has 2 aliphatic rings. The van der Waals surface area contributed by atoms with Gasteiger partial charge in [-0.1, -0.05) is 6.42 Å². The van der Waals surface area contributed by atoms with Gasteiger partial charge in [-0.2, -0.15) is 0 Å². The van der Waals surface area contributed by atoms with E-state index < -0.39 is 11.4 Å². The lowest BCUT2D eigenvalue weighted by molar-refractivity contribution is -0.154. The summed E-state index contributed by atoms with van der Waals surface area (Å²) in [5, 5.41) is 15.1. The Morgan fingerprint density at radius 3 is 2.53 bits per heavy atom. The zero-order valence-corrected chi connectivity index (χ0v) is 11.1. The topological polar surface area (TPSA) is 87.7 Å². The summed E-state index contributed by atoms with van der Waals surface area (Å²) in [5.74, 6) is -1.02. The summed E-state index contributed by atoms with van der Waals surface area (Å²) in [6, 6.07) is 0. The van der Waals surface area contributed by atoms with E-state index in [1.165, 1.54) is 0 Å². The van der Waals surface area contributed by atoms with Gasteiger partial charge in [0.2, 0.25) is 5.91 Å². The van der Waals surface area contributed by atoms with E-state index in [9.17, 15) is 9.59 Å². The van der Waals surface area contributed by atoms with E-state index >= 15 is 0 Å². The SMILES string of the molecule is O=C(COC1CCNCC1)NCC1(C(=O)O)CCC1. The van der Waals surface area contributed by atoms with Crippen LogP contribution in [-0.2, 0) is 14.3 Å². The number of ether oxygens (including phenoxy) is 1. The second kappa shape index (κ2) is 6.34. The summed E-state index contributed by atoms with van der Waals surface area (Å²) in [6.07, 6.45) is 4.21. The van der Waals surface area contributed by atoms with Crippen LogP contribution in [0.25, 0.3) is 0 Å². The van der Waals surface area contributed by atoms with Crippen LogP contribution >= 0.6 is 0 Å². The number of carboxylic acid groups (broad SMARTS) is 1. The van der Waals surface area contributed by atoms with E-state index in [-0.39, 0.29) is 25.2 Å². The predicted octanol–water partition coefficient (Wildman–Crippen LogP) is 0.126. The van der Waals surface area contributed by atoms with Crippen LogP contribution in [0.2, 0.25) is 0 Å². The van der Waals surface area contributed by atoms with Crippen molar-refractivity contribution in [3.05, 3.63) is 0 Å². The maximum atomic E-state index is 11.7. The van der Waals surface area contributed by atoms with E-state index in [0.717, 1.165) is 32.4 Å². The summed E-state index contributed by atoms with van der Waals surface area (Å²) in [6.45, 7) is 2.10. The van der Waals surface area contributed by atoms with Crippen molar-refractivity contribution in [3.8, 4) is 0 Å². The molecule has 2 fully saturated rings. The lowest BCUT2D eigenvalue weighted by atomic mass is 9.69. The number of carbonyl (C=O) groups excluding carboxylic acids is 1. The van der Waals surface area contributed by atoms with E-state index in [0.29, 0.717) is 12.8 Å². The van der Waals surface area contributed by atoms with Gasteiger partial charge in [0, 0.05) is 6.54 Å². The first-order valence-corrected chi connectivity index (χ1v) is 6.95. The van der Waals surface area contributed by atoms with Gasteiger partial charge in [-0.25, -0.2) is 0 Å². The largest absolute Gasteiger partial charge is 0.481 e. The number of nitrogens with one attached hydrogen (secondary N) is 2. The highest BCUT2D eigenvalue weighted by atomic mass is 16.5. The van der Waals surface area contributed by atoms with Gasteiger partial charge in [0.15, 0.2) is 0 Å². The van der Waals surface area contributed by atoms with Crippen molar-refractivity contribution in [2.75, 3.05) is 26.2 Å². The van der Waals surface area contributed by atoms with E-state index in [4.69, 9.17) is 9.84 Å². The van der Waals surface area contributed by atoms with Gasteiger partial charge in [0.25, 0.3) is 0 Å². The molecule has 1 aliphatic heterocycles. The molecule has 108 valence electrons. The fourth-order valence-corrected chi connectivity index (χ4v) is 2.54. The zero-order chi connectivity index (χ0) is 13.7. The Hall–Kier alpha value is -1.14. The van der Waals surface area contributed by atoms with Gasteiger partial charge in [0.05, 0.1) is 11.5 Å². The second-order valence-electron chi connectivity index (χ2n) is 5.48. The number of hydrogen-bond donors (Lipinski definition) is 3. The smallest absolute Gasteiger partial charge is 0.311 e. The maximum absolute atomic E-state index is 11.7. The fourth-order valence-electron chi connectivity index (χ4n) is 2.54. The number of rotatable bonds is 6. The van der Waals surface area contributed by atoms with Crippen molar-refractivity contribution in [2.24, 2.45) is 5.41 Å². The average molecular weight is 270 g/mol. The first-order chi connectivity index (χ1) is 9.12. The van der Waals surface area contributed by atoms with Crippen LogP contribution in [0.1, 0.15) is 32.1 Å². The minimum Gasteiger partial charge on any atom is -0.481 e. The molecule has 1 aliphatic carbocycles. The number of amides is 1. The monoisotopic (exact) mass is 270 g/mol. The third kappa shape index (κ3) is 3.67. The third-order valence-electron chi connectivity index (χ3n) is 4.12. The molecule has 0 spiro atoms. The first-order valence-electron chi connectivity index (χ1n) is 6.95. The molecule has 1 saturated heterocycles. The van der Waals surface area contributed by atoms with E-state index in [1.807, 2.05) is 0 Å². The van der Waals surface area contributed by atoms with Crippen molar-refractivity contribution in [1.29, 1.82) is 0 Å². The highest BCUT2D eigenvalue weighted by molar-refractivity contribution is 5.80. The first kappa shape index (κ1) is 14.3. The van der Waals surface area contributed by atoms with Crippen molar-refractivity contribution in [1.82, 2.24) is 10.6 Å². The lowest BCUT2D eigenvalue weighted by Crippen LogP contribution is -2.48. The average Bonchev–Trinajstić information content (AvgIpc) is 2.36. The van der Waals surface area contributed by atoms with Crippen LogP contribution < -0.4 is 10.6 Å². The number of carboxylic acids is 1. The molecule has 1 saturated carbocycles. The molecule has 0 unspecified atom stereocenters. The summed E-state index contributed by atoms with van der Waals surface area (Å²) >= 11 is 0. The molecule has 1 heterocycles. The normalized spacial score (nSPS) is 22.5. The Bertz CT molecular complexity index is 336. The number of hydrogen-bond acceptors (Lipinski definition) is 4. The summed E-state index contributed by atoms with van der Waals surface area (Å²) in [7, 11) is 0. The summed E-state index contributed by atoms with van der Waals surface area (Å²) in [5.41, 5.74) is -0.732. The van der Waals surface area contributed by atoms with Gasteiger partial charge in [-0.15, -0.1) is 0 Å². The van der Waals surface area contributed by atoms with E-state index in [1.54, 1.807) is 0 Å². The van der Waals surface area contributed by atoms with Crippen LogP contribution in [0, 0.1) is 5.41 Å². The van der Waals surface area contributed by atoms with Crippen LogP contribution in [-0.4, -0.2) is 49.3 Å². The summed E-state index contributed by atoms with van der Waals surface area (Å²) in [4.78, 5) is 22.8. The van der Waals surface area contributed by atoms with Crippen molar-refractivity contribution < 1.29 is 19.4 Å². The molecule has 6 nitrogen and oxygen atoms in total. The Kier molecular flexibility index (Phi) is 4.76. The number of piperidine rings is 1. The fraction of sp³-hybridized carbons (Fsp3) is 0.846. The molecule has 0 bridgehead atoms. The van der Waals surface area contributed by atoms with Gasteiger partial charge in [-0.3, -0.25) is 9.59 Å². The van der Waals surface area contributed by atoms with Gasteiger partial charge in [0.1, 0.15) is 6.61 Å². The van der Waals surface area contributed by atoms with Crippen LogP contribution in [0.3, 0.4) is 0 Å². The molecule has 0 radical (unpaired) electrons. The minimum atomic E-state index is -0.807. The zero-order valence-electron chi connectivity index (χ0n) is 11.1. The minimum absolute atomic E-state index is 0.0281. The molecule has 0 aromatic rings. The van der Waals surface area contributed by atoms with Crippen molar-refractivity contribution in [3.63, 3.8) is 0 Å². The number of carbonyl (C=O) groups is 2. The molecular weight excluding hydrogens is 248 g/mol. The Morgan fingerprint density at radius 2 is 2.00 bits per heavy atom. The van der Waals surface area contributed by atoms with Gasteiger partial charge in [-0.05, 0) is 38.8 Å². The van der Waals surface area contributed by atoms with Crippen LogP contribution in [0.4, 0.5) is 0 Å². The molecule has 1 amide bonds. The number of aliphatic carboxylic acids is 1. The molecular formula is C13H22N2O4. The van der Waals surface area contributed by atoms with E-state index in [2.05, 4.69) is 10.6 Å². The quantitative estimate of drug-likeness (QED) is 0.638.